The van der Waals surface area contributed by atoms with Crippen LogP contribution < -0.4 is 0 Å². The van der Waals surface area contributed by atoms with Crippen molar-refractivity contribution in [1.29, 1.82) is 26.3 Å². The van der Waals surface area contributed by atoms with Crippen molar-refractivity contribution in [2.24, 2.45) is 0 Å². The van der Waals surface area contributed by atoms with Gasteiger partial charge in [0.05, 0.1) is 26.5 Å². The van der Waals surface area contributed by atoms with E-state index in [9.17, 15) is 39.5 Å². The van der Waals surface area contributed by atoms with Crippen molar-refractivity contribution in [3.63, 3.8) is 0 Å². The maximum atomic E-state index is 15.3. The van der Waals surface area contributed by atoms with Gasteiger partial charge in [0.2, 0.25) is 0 Å². The van der Waals surface area contributed by atoms with Gasteiger partial charge < -0.3 is 0 Å². The summed E-state index contributed by atoms with van der Waals surface area (Å²) in [5.41, 5.74) is -1.06. The Balaban J connectivity index is 1.76. The number of halogens is 6. The van der Waals surface area contributed by atoms with Crippen molar-refractivity contribution in [3.05, 3.63) is 154 Å². The zero-order valence-electron chi connectivity index (χ0n) is 24.7. The molecule has 238 valence electrons. The van der Waals surface area contributed by atoms with Crippen LogP contribution in [0.5, 0.6) is 0 Å². The first kappa shape index (κ1) is 33.2. The standard InChI is InChI=1S/C37H11F6N5S2/c1-2-16-3-4-17(7-26(16)38)20-9-22-23(30(20)24(12-45)36-34(42)32(40)28(14-47)49-36)10-21(18-5-6-19(11-44)27(39)8-18)31(22)25(13-46)37-35(43)33(41)29(15-48)50-37/h2-10H,1H2/b30-24-,31-25-. The van der Waals surface area contributed by atoms with Gasteiger partial charge in [-0.15, -0.1) is 22.7 Å². The molecule has 6 rings (SSSR count). The Kier molecular flexibility index (Phi) is 8.46. The molecule has 2 aromatic carbocycles. The van der Waals surface area contributed by atoms with Gasteiger partial charge in [-0.25, -0.2) is 26.3 Å². The Labute approximate surface area is 287 Å². The third kappa shape index (κ3) is 5.05. The van der Waals surface area contributed by atoms with Gasteiger partial charge >= 0.3 is 0 Å². The minimum Gasteiger partial charge on any atom is -0.206 e. The van der Waals surface area contributed by atoms with Gasteiger partial charge in [-0.2, -0.15) is 26.3 Å². The highest BCUT2D eigenvalue weighted by Gasteiger charge is 2.38. The zero-order chi connectivity index (χ0) is 36.0. The van der Waals surface area contributed by atoms with Crippen molar-refractivity contribution in [2.75, 3.05) is 0 Å². The van der Waals surface area contributed by atoms with Gasteiger partial charge in [0.15, 0.2) is 23.3 Å². The molecule has 0 unspecified atom stereocenters. The normalized spacial score (nSPS) is 15.2. The first-order chi connectivity index (χ1) is 24.0. The largest absolute Gasteiger partial charge is 0.206 e. The van der Waals surface area contributed by atoms with Gasteiger partial charge in [0.1, 0.15) is 51.7 Å². The van der Waals surface area contributed by atoms with Crippen molar-refractivity contribution >= 4 is 51.0 Å². The molecular weight excluding hydrogens is 693 g/mol. The average Bonchev–Trinajstić information content (AvgIpc) is 3.83. The quantitative estimate of drug-likeness (QED) is 0.152. The number of allylic oxidation sites excluding steroid dienone is 10. The summed E-state index contributed by atoms with van der Waals surface area (Å²) < 4.78 is 90.2. The molecule has 0 spiro atoms. The van der Waals surface area contributed by atoms with E-state index in [1.165, 1.54) is 48.6 Å². The maximum absolute atomic E-state index is 15.3. The van der Waals surface area contributed by atoms with E-state index >= 15 is 13.2 Å². The lowest BCUT2D eigenvalue weighted by atomic mass is 9.89. The third-order valence-electron chi connectivity index (χ3n) is 7.85. The van der Waals surface area contributed by atoms with Crippen LogP contribution in [-0.4, -0.2) is 0 Å². The fraction of sp³-hybridized carbons (Fsp3) is 0. The van der Waals surface area contributed by atoms with Crippen LogP contribution in [0.3, 0.4) is 0 Å². The van der Waals surface area contributed by atoms with Crippen LogP contribution in [0.15, 0.2) is 77.4 Å². The molecular formula is C37H11F6N5S2. The predicted octanol–water partition coefficient (Wildman–Crippen LogP) is 9.65. The van der Waals surface area contributed by atoms with Gasteiger partial charge in [0, 0.05) is 16.7 Å². The van der Waals surface area contributed by atoms with Crippen LogP contribution in [0.25, 0.3) is 28.4 Å². The predicted molar refractivity (Wildman–Crippen MR) is 174 cm³/mol. The number of hydrogen-bond donors (Lipinski definition) is 0. The maximum Gasteiger partial charge on any atom is 0.188 e. The van der Waals surface area contributed by atoms with E-state index in [2.05, 4.69) is 6.58 Å². The van der Waals surface area contributed by atoms with Crippen molar-refractivity contribution in [1.82, 2.24) is 0 Å². The Bertz CT molecular complexity index is 2630. The van der Waals surface area contributed by atoms with E-state index in [0.717, 1.165) is 18.2 Å². The molecule has 0 amide bonds. The lowest BCUT2D eigenvalue weighted by Gasteiger charge is -2.14. The summed E-state index contributed by atoms with van der Waals surface area (Å²) in [6, 6.07) is 15.8. The number of benzene rings is 2. The summed E-state index contributed by atoms with van der Waals surface area (Å²) in [5.74, 6) is -7.69. The van der Waals surface area contributed by atoms with Crippen LogP contribution in [0, 0.1) is 91.6 Å². The number of nitriles is 5. The molecule has 2 aromatic heterocycles. The lowest BCUT2D eigenvalue weighted by molar-refractivity contribution is 0.513. The molecule has 2 heterocycles. The van der Waals surface area contributed by atoms with Crippen molar-refractivity contribution in [3.8, 4) is 30.3 Å². The van der Waals surface area contributed by atoms with E-state index in [-0.39, 0.29) is 55.7 Å². The second kappa shape index (κ2) is 12.7. The molecule has 2 aliphatic rings. The molecule has 50 heavy (non-hydrogen) atoms. The molecule has 2 aliphatic carbocycles. The topological polar surface area (TPSA) is 119 Å². The third-order valence-corrected chi connectivity index (χ3v) is 9.97. The fourth-order valence-corrected chi connectivity index (χ4v) is 7.32. The van der Waals surface area contributed by atoms with E-state index in [4.69, 9.17) is 0 Å². The molecule has 0 fully saturated rings. The molecule has 4 aromatic rings. The Morgan fingerprint density at radius 3 is 1.42 bits per heavy atom. The summed E-state index contributed by atoms with van der Waals surface area (Å²) >= 11 is 0.697. The molecule has 0 radical (unpaired) electrons. The van der Waals surface area contributed by atoms with Crippen LogP contribution >= 0.6 is 22.7 Å². The minimum absolute atomic E-state index is 0.0236. The number of nitrogens with zero attached hydrogens (tertiary/aromatic N) is 5. The number of hydrogen-bond acceptors (Lipinski definition) is 7. The molecule has 0 aliphatic heterocycles. The van der Waals surface area contributed by atoms with E-state index in [1.54, 1.807) is 6.07 Å². The van der Waals surface area contributed by atoms with E-state index in [0.29, 0.717) is 22.7 Å². The van der Waals surface area contributed by atoms with Crippen molar-refractivity contribution < 1.29 is 26.3 Å². The van der Waals surface area contributed by atoms with E-state index in [1.807, 2.05) is 12.1 Å². The van der Waals surface area contributed by atoms with Crippen LogP contribution in [0.4, 0.5) is 26.3 Å². The van der Waals surface area contributed by atoms with Gasteiger partial charge in [0.25, 0.3) is 0 Å². The summed E-state index contributed by atoms with van der Waals surface area (Å²) in [7, 11) is 0. The number of thiophene rings is 2. The first-order valence-electron chi connectivity index (χ1n) is 13.9. The summed E-state index contributed by atoms with van der Waals surface area (Å²) in [5, 5.41) is 48.9. The fourth-order valence-electron chi connectivity index (χ4n) is 5.61. The van der Waals surface area contributed by atoms with Crippen molar-refractivity contribution in [2.45, 2.75) is 0 Å². The van der Waals surface area contributed by atoms with Gasteiger partial charge in [-0.3, -0.25) is 0 Å². The molecule has 5 nitrogen and oxygen atoms in total. The highest BCUT2D eigenvalue weighted by atomic mass is 32.1. The Morgan fingerprint density at radius 1 is 0.600 bits per heavy atom. The van der Waals surface area contributed by atoms with Crippen LogP contribution in [0.2, 0.25) is 0 Å². The monoisotopic (exact) mass is 703 g/mol. The Hall–Kier alpha value is -6.69. The molecule has 0 saturated carbocycles. The highest BCUT2D eigenvalue weighted by molar-refractivity contribution is 7.14. The molecule has 0 bridgehead atoms. The molecule has 0 atom stereocenters. The summed E-state index contributed by atoms with van der Waals surface area (Å²) in [6.45, 7) is 3.55. The summed E-state index contributed by atoms with van der Waals surface area (Å²) in [4.78, 5) is -2.47. The Morgan fingerprint density at radius 2 is 1.06 bits per heavy atom. The van der Waals surface area contributed by atoms with Gasteiger partial charge in [-0.05, 0) is 63.8 Å². The average molecular weight is 704 g/mol. The summed E-state index contributed by atoms with van der Waals surface area (Å²) in [6.07, 6.45) is 3.98. The lowest BCUT2D eigenvalue weighted by Crippen LogP contribution is -1.98. The first-order valence-corrected chi connectivity index (χ1v) is 15.5. The van der Waals surface area contributed by atoms with Crippen LogP contribution in [-0.2, 0) is 0 Å². The molecule has 0 saturated heterocycles. The molecule has 13 heteroatoms. The zero-order valence-corrected chi connectivity index (χ0v) is 26.4. The SMILES string of the molecule is C=Cc1ccc(C2=CC3=C(C=C(c4ccc(C#N)c(F)c4)/C3=C(\C#N)c3sc(C#N)c(F)c3F)/C2=C(/C#N)c2sc(C#N)c(F)c2F)cc1F. The van der Waals surface area contributed by atoms with Crippen LogP contribution in [0.1, 0.15) is 41.8 Å². The van der Waals surface area contributed by atoms with Gasteiger partial charge in [-0.1, -0.05) is 30.9 Å². The smallest absolute Gasteiger partial charge is 0.188 e. The second-order valence-electron chi connectivity index (χ2n) is 10.4. The minimum atomic E-state index is -1.51. The highest BCUT2D eigenvalue weighted by Crippen LogP contribution is 2.54. The number of rotatable bonds is 5. The molecule has 0 N–H and O–H groups in total. The van der Waals surface area contributed by atoms with E-state index < -0.39 is 65.6 Å². The second-order valence-corrected chi connectivity index (χ2v) is 12.5.